The number of hydrogen-bond acceptors (Lipinski definition) is 5. The van der Waals surface area contributed by atoms with Crippen LogP contribution in [0.1, 0.15) is 10.5 Å². The first-order chi connectivity index (χ1) is 5.97. The van der Waals surface area contributed by atoms with Gasteiger partial charge in [0, 0.05) is 5.38 Å². The molecule has 0 spiro atoms. The normalized spacial score (nSPS) is 11.5. The summed E-state index contributed by atoms with van der Waals surface area (Å²) in [7, 11) is -2.38. The lowest BCUT2D eigenvalue weighted by Gasteiger charge is -1.94. The topological polar surface area (TPSA) is 96.4 Å². The fourth-order valence-electron chi connectivity index (χ4n) is 0.566. The molecule has 1 heterocycles. The summed E-state index contributed by atoms with van der Waals surface area (Å²) < 4.78 is 24.0. The number of carboxylic acids is 1. The standard InChI is InChI=1S/C5H6N2O4S2/c1-6-13(10,11)5-7-3(2-12-5)4(8)9/h2,6H,1H3,(H,8,9). The van der Waals surface area contributed by atoms with Gasteiger partial charge in [-0.1, -0.05) is 0 Å². The average Bonchev–Trinajstić information content (AvgIpc) is 2.52. The van der Waals surface area contributed by atoms with Crippen molar-refractivity contribution in [3.63, 3.8) is 0 Å². The Morgan fingerprint density at radius 1 is 1.69 bits per heavy atom. The number of nitrogens with one attached hydrogen (secondary N) is 1. The molecule has 6 nitrogen and oxygen atoms in total. The SMILES string of the molecule is CNS(=O)(=O)c1nc(C(=O)O)cs1. The Bertz CT molecular complexity index is 421. The zero-order valence-electron chi connectivity index (χ0n) is 6.51. The molecule has 0 bridgehead atoms. The largest absolute Gasteiger partial charge is 0.476 e. The van der Waals surface area contributed by atoms with E-state index in [2.05, 4.69) is 4.98 Å². The molecule has 0 fully saturated rings. The molecule has 1 rings (SSSR count). The summed E-state index contributed by atoms with van der Waals surface area (Å²) in [6.07, 6.45) is 0. The molecular formula is C5H6N2O4S2. The van der Waals surface area contributed by atoms with E-state index < -0.39 is 16.0 Å². The van der Waals surface area contributed by atoms with Crippen molar-refractivity contribution in [2.45, 2.75) is 4.34 Å². The van der Waals surface area contributed by atoms with E-state index in [1.54, 1.807) is 0 Å². The molecule has 13 heavy (non-hydrogen) atoms. The molecule has 72 valence electrons. The van der Waals surface area contributed by atoms with E-state index >= 15 is 0 Å². The third-order valence-corrected chi connectivity index (χ3v) is 3.87. The van der Waals surface area contributed by atoms with Gasteiger partial charge in [0.1, 0.15) is 0 Å². The zero-order chi connectivity index (χ0) is 10.1. The number of sulfonamides is 1. The Hall–Kier alpha value is -0.990. The van der Waals surface area contributed by atoms with Crippen molar-refractivity contribution < 1.29 is 18.3 Å². The lowest BCUT2D eigenvalue weighted by Crippen LogP contribution is -2.18. The maximum absolute atomic E-state index is 11.1. The van der Waals surface area contributed by atoms with Crippen LogP contribution in [-0.2, 0) is 10.0 Å². The lowest BCUT2D eigenvalue weighted by molar-refractivity contribution is 0.0691. The summed E-state index contributed by atoms with van der Waals surface area (Å²) in [5.41, 5.74) is -0.265. The van der Waals surface area contributed by atoms with Gasteiger partial charge in [-0.05, 0) is 7.05 Å². The number of rotatable bonds is 3. The second-order valence-corrected chi connectivity index (χ2v) is 4.93. The van der Waals surface area contributed by atoms with Crippen LogP contribution in [-0.4, -0.2) is 31.5 Å². The predicted octanol–water partition coefficient (Wildman–Crippen LogP) is -0.251. The third kappa shape index (κ3) is 2.02. The summed E-state index contributed by atoms with van der Waals surface area (Å²) >= 11 is 0.767. The molecule has 0 saturated heterocycles. The van der Waals surface area contributed by atoms with Crippen molar-refractivity contribution >= 4 is 27.3 Å². The van der Waals surface area contributed by atoms with Gasteiger partial charge in [-0.25, -0.2) is 22.9 Å². The van der Waals surface area contributed by atoms with Crippen LogP contribution in [0.4, 0.5) is 0 Å². The van der Waals surface area contributed by atoms with Crippen LogP contribution >= 0.6 is 11.3 Å². The van der Waals surface area contributed by atoms with Crippen LogP contribution in [0, 0.1) is 0 Å². The summed E-state index contributed by atoms with van der Waals surface area (Å²) in [5.74, 6) is -1.24. The van der Waals surface area contributed by atoms with Gasteiger partial charge in [0.05, 0.1) is 0 Å². The first kappa shape index (κ1) is 10.1. The van der Waals surface area contributed by atoms with E-state index in [4.69, 9.17) is 5.11 Å². The highest BCUT2D eigenvalue weighted by atomic mass is 32.2. The molecule has 1 aromatic heterocycles. The van der Waals surface area contributed by atoms with Gasteiger partial charge in [0.2, 0.25) is 4.34 Å². The van der Waals surface area contributed by atoms with Gasteiger partial charge in [-0.15, -0.1) is 11.3 Å². The van der Waals surface area contributed by atoms with Crippen molar-refractivity contribution in [1.82, 2.24) is 9.71 Å². The third-order valence-electron chi connectivity index (χ3n) is 1.20. The Balaban J connectivity index is 3.13. The molecule has 0 atom stereocenters. The summed E-state index contributed by atoms with van der Waals surface area (Å²) in [6.45, 7) is 0. The van der Waals surface area contributed by atoms with Crippen LogP contribution in [0.5, 0.6) is 0 Å². The monoisotopic (exact) mass is 222 g/mol. The zero-order valence-corrected chi connectivity index (χ0v) is 8.15. The Morgan fingerprint density at radius 3 is 2.69 bits per heavy atom. The van der Waals surface area contributed by atoms with Gasteiger partial charge < -0.3 is 5.11 Å². The number of aromatic carboxylic acids is 1. The number of aromatic nitrogens is 1. The van der Waals surface area contributed by atoms with Gasteiger partial charge in [-0.2, -0.15) is 0 Å². The molecule has 1 aromatic rings. The summed E-state index contributed by atoms with van der Waals surface area (Å²) in [4.78, 5) is 13.8. The highest BCUT2D eigenvalue weighted by molar-refractivity contribution is 7.91. The van der Waals surface area contributed by atoms with Gasteiger partial charge in [0.15, 0.2) is 5.69 Å². The first-order valence-electron chi connectivity index (χ1n) is 3.10. The fourth-order valence-corrected chi connectivity index (χ4v) is 2.38. The van der Waals surface area contributed by atoms with Crippen molar-refractivity contribution in [2.24, 2.45) is 0 Å². The van der Waals surface area contributed by atoms with Gasteiger partial charge >= 0.3 is 5.97 Å². The minimum absolute atomic E-state index is 0.243. The molecule has 0 aliphatic rings. The minimum Gasteiger partial charge on any atom is -0.476 e. The second kappa shape index (κ2) is 3.40. The highest BCUT2D eigenvalue weighted by Gasteiger charge is 2.18. The van der Waals surface area contributed by atoms with Crippen LogP contribution in [0.25, 0.3) is 0 Å². The van der Waals surface area contributed by atoms with Crippen molar-refractivity contribution in [3.05, 3.63) is 11.1 Å². The van der Waals surface area contributed by atoms with Crippen molar-refractivity contribution in [2.75, 3.05) is 7.05 Å². The van der Waals surface area contributed by atoms with E-state index in [0.29, 0.717) is 0 Å². The molecular weight excluding hydrogens is 216 g/mol. The van der Waals surface area contributed by atoms with Gasteiger partial charge in [-0.3, -0.25) is 0 Å². The van der Waals surface area contributed by atoms with Crippen LogP contribution in [0.2, 0.25) is 0 Å². The van der Waals surface area contributed by atoms with E-state index in [0.717, 1.165) is 11.3 Å². The van der Waals surface area contributed by atoms with Crippen LogP contribution in [0.15, 0.2) is 9.72 Å². The second-order valence-electron chi connectivity index (χ2n) is 2.01. The summed E-state index contributed by atoms with van der Waals surface area (Å²) in [6, 6.07) is 0. The lowest BCUT2D eigenvalue weighted by atomic mass is 10.5. The quantitative estimate of drug-likeness (QED) is 0.735. The molecule has 0 unspecified atom stereocenters. The number of nitrogens with zero attached hydrogens (tertiary/aromatic N) is 1. The molecule has 0 aromatic carbocycles. The molecule has 8 heteroatoms. The molecule has 2 N–H and O–H groups in total. The predicted molar refractivity (Wildman–Crippen MR) is 45.3 cm³/mol. The van der Waals surface area contributed by atoms with Crippen molar-refractivity contribution in [1.29, 1.82) is 0 Å². The fraction of sp³-hybridized carbons (Fsp3) is 0.200. The Kier molecular flexibility index (Phi) is 2.64. The number of thiazole rings is 1. The Morgan fingerprint density at radius 2 is 2.31 bits per heavy atom. The molecule has 0 aliphatic carbocycles. The summed E-state index contributed by atoms with van der Waals surface area (Å²) in [5, 5.41) is 9.64. The van der Waals surface area contributed by atoms with Crippen molar-refractivity contribution in [3.8, 4) is 0 Å². The number of carboxylic acid groups (broad SMARTS) is 1. The molecule has 0 saturated carbocycles. The van der Waals surface area contributed by atoms with E-state index in [1.807, 2.05) is 4.72 Å². The van der Waals surface area contributed by atoms with Crippen LogP contribution < -0.4 is 4.72 Å². The highest BCUT2D eigenvalue weighted by Crippen LogP contribution is 2.14. The van der Waals surface area contributed by atoms with E-state index in [1.165, 1.54) is 12.4 Å². The molecule has 0 radical (unpaired) electrons. The van der Waals surface area contributed by atoms with Crippen LogP contribution in [0.3, 0.4) is 0 Å². The first-order valence-corrected chi connectivity index (χ1v) is 5.46. The maximum Gasteiger partial charge on any atom is 0.355 e. The molecule has 0 amide bonds. The smallest absolute Gasteiger partial charge is 0.355 e. The maximum atomic E-state index is 11.1. The van der Waals surface area contributed by atoms with E-state index in [-0.39, 0.29) is 10.0 Å². The van der Waals surface area contributed by atoms with Gasteiger partial charge in [0.25, 0.3) is 10.0 Å². The minimum atomic E-state index is -3.62. The average molecular weight is 222 g/mol. The number of hydrogen-bond donors (Lipinski definition) is 2. The van der Waals surface area contributed by atoms with E-state index in [9.17, 15) is 13.2 Å². The Labute approximate surface area is 78.3 Å². The number of carbonyl (C=O) groups is 1. The molecule has 0 aliphatic heterocycles.